The lowest BCUT2D eigenvalue weighted by Crippen LogP contribution is -2.20. The second-order valence-electron chi connectivity index (χ2n) is 5.59. The second kappa shape index (κ2) is 6.12. The lowest BCUT2D eigenvalue weighted by molar-refractivity contribution is 0.546. The Morgan fingerprint density at radius 1 is 1.38 bits per heavy atom. The summed E-state index contributed by atoms with van der Waals surface area (Å²) in [5.41, 5.74) is 7.60. The third kappa shape index (κ3) is 3.09. The van der Waals surface area contributed by atoms with E-state index in [-0.39, 0.29) is 5.82 Å². The molecule has 2 N–H and O–H groups in total. The lowest BCUT2D eigenvalue weighted by atomic mass is 10.1. The van der Waals surface area contributed by atoms with Crippen LogP contribution < -0.4 is 10.6 Å². The van der Waals surface area contributed by atoms with Crippen molar-refractivity contribution in [1.29, 1.82) is 0 Å². The summed E-state index contributed by atoms with van der Waals surface area (Å²) in [6.07, 6.45) is 2.29. The van der Waals surface area contributed by atoms with Gasteiger partial charge in [-0.1, -0.05) is 0 Å². The van der Waals surface area contributed by atoms with Gasteiger partial charge >= 0.3 is 0 Å². The minimum absolute atomic E-state index is 0.212. The Morgan fingerprint density at radius 3 is 2.86 bits per heavy atom. The Bertz CT molecular complexity index is 608. The van der Waals surface area contributed by atoms with Crippen molar-refractivity contribution in [1.82, 2.24) is 4.98 Å². The summed E-state index contributed by atoms with van der Waals surface area (Å²) in [5.74, 6) is 0.476. The first-order valence-electron chi connectivity index (χ1n) is 7.35. The molecule has 1 aliphatic heterocycles. The largest absolute Gasteiger partial charge is 0.348 e. The molecule has 0 amide bonds. The van der Waals surface area contributed by atoms with Gasteiger partial charge in [0.2, 0.25) is 0 Å². The zero-order valence-corrected chi connectivity index (χ0v) is 13.0. The number of hydrogen-bond donors (Lipinski definition) is 1. The van der Waals surface area contributed by atoms with E-state index in [1.807, 2.05) is 0 Å². The molecule has 0 bridgehead atoms. The number of aromatic nitrogens is 1. The molecule has 1 aliphatic rings. The van der Waals surface area contributed by atoms with E-state index in [1.54, 1.807) is 23.5 Å². The van der Waals surface area contributed by atoms with Crippen molar-refractivity contribution < 1.29 is 4.39 Å². The SMILES string of the molecule is Cc1sc(N2CCC(CCN)C2)nc1-c1ccc(F)cc1. The van der Waals surface area contributed by atoms with Crippen LogP contribution in [0.2, 0.25) is 0 Å². The number of rotatable bonds is 4. The van der Waals surface area contributed by atoms with E-state index in [1.165, 1.54) is 23.4 Å². The zero-order valence-electron chi connectivity index (χ0n) is 12.2. The summed E-state index contributed by atoms with van der Waals surface area (Å²) in [7, 11) is 0. The Balaban J connectivity index is 1.80. The molecule has 112 valence electrons. The molecular weight excluding hydrogens is 285 g/mol. The molecule has 2 aromatic rings. The maximum atomic E-state index is 13.0. The van der Waals surface area contributed by atoms with Crippen LogP contribution in [0.1, 0.15) is 17.7 Å². The van der Waals surface area contributed by atoms with Crippen LogP contribution in [0.25, 0.3) is 11.3 Å². The number of aryl methyl sites for hydroxylation is 1. The number of hydrogen-bond acceptors (Lipinski definition) is 4. The van der Waals surface area contributed by atoms with Crippen LogP contribution in [0, 0.1) is 18.7 Å². The minimum Gasteiger partial charge on any atom is -0.348 e. The van der Waals surface area contributed by atoms with E-state index >= 15 is 0 Å². The normalized spacial score (nSPS) is 18.4. The van der Waals surface area contributed by atoms with Gasteiger partial charge in [0, 0.05) is 23.5 Å². The van der Waals surface area contributed by atoms with Crippen molar-refractivity contribution in [3.8, 4) is 11.3 Å². The highest BCUT2D eigenvalue weighted by molar-refractivity contribution is 7.16. The first-order valence-corrected chi connectivity index (χ1v) is 8.17. The Kier molecular flexibility index (Phi) is 4.22. The fourth-order valence-corrected chi connectivity index (χ4v) is 3.84. The summed E-state index contributed by atoms with van der Waals surface area (Å²) in [5, 5.41) is 1.08. The summed E-state index contributed by atoms with van der Waals surface area (Å²) < 4.78 is 13.0. The third-order valence-electron chi connectivity index (χ3n) is 4.03. The molecule has 1 atom stereocenters. The van der Waals surface area contributed by atoms with Crippen LogP contribution in [0.5, 0.6) is 0 Å². The van der Waals surface area contributed by atoms with Crippen molar-refractivity contribution in [2.24, 2.45) is 11.7 Å². The second-order valence-corrected chi connectivity index (χ2v) is 6.77. The molecule has 2 heterocycles. The number of thiazole rings is 1. The van der Waals surface area contributed by atoms with Crippen molar-refractivity contribution in [2.45, 2.75) is 19.8 Å². The fraction of sp³-hybridized carbons (Fsp3) is 0.438. The molecule has 0 spiro atoms. The van der Waals surface area contributed by atoms with Gasteiger partial charge in [-0.25, -0.2) is 9.37 Å². The number of anilines is 1. The molecule has 0 aliphatic carbocycles. The van der Waals surface area contributed by atoms with Crippen molar-refractivity contribution in [2.75, 3.05) is 24.5 Å². The molecule has 1 unspecified atom stereocenters. The number of nitrogens with two attached hydrogens (primary N) is 1. The van der Waals surface area contributed by atoms with Gasteiger partial charge in [-0.3, -0.25) is 0 Å². The topological polar surface area (TPSA) is 42.1 Å². The average Bonchev–Trinajstić information content (AvgIpc) is 3.07. The van der Waals surface area contributed by atoms with E-state index in [0.29, 0.717) is 5.92 Å². The highest BCUT2D eigenvalue weighted by Gasteiger charge is 2.24. The molecule has 3 rings (SSSR count). The first-order chi connectivity index (χ1) is 10.2. The Hall–Kier alpha value is -1.46. The monoisotopic (exact) mass is 305 g/mol. The molecule has 0 radical (unpaired) electrons. The van der Waals surface area contributed by atoms with Crippen LogP contribution in [-0.4, -0.2) is 24.6 Å². The van der Waals surface area contributed by atoms with Crippen LogP contribution in [-0.2, 0) is 0 Å². The Labute approximate surface area is 128 Å². The highest BCUT2D eigenvalue weighted by Crippen LogP contribution is 2.35. The van der Waals surface area contributed by atoms with Gasteiger partial charge in [0.15, 0.2) is 5.13 Å². The van der Waals surface area contributed by atoms with Gasteiger partial charge < -0.3 is 10.6 Å². The van der Waals surface area contributed by atoms with Crippen LogP contribution >= 0.6 is 11.3 Å². The average molecular weight is 305 g/mol. The maximum absolute atomic E-state index is 13.0. The van der Waals surface area contributed by atoms with Gasteiger partial charge in [0.1, 0.15) is 5.82 Å². The van der Waals surface area contributed by atoms with E-state index in [0.717, 1.165) is 42.4 Å². The molecule has 3 nitrogen and oxygen atoms in total. The number of halogens is 1. The molecule has 0 saturated carbocycles. The lowest BCUT2D eigenvalue weighted by Gasteiger charge is -2.14. The predicted molar refractivity (Wildman–Crippen MR) is 86.2 cm³/mol. The first kappa shape index (κ1) is 14.5. The van der Waals surface area contributed by atoms with Gasteiger partial charge in [-0.2, -0.15) is 0 Å². The van der Waals surface area contributed by atoms with Crippen LogP contribution in [0.3, 0.4) is 0 Å². The van der Waals surface area contributed by atoms with E-state index in [4.69, 9.17) is 10.7 Å². The predicted octanol–water partition coefficient (Wildman–Crippen LogP) is 3.43. The molecular formula is C16H20FN3S. The molecule has 1 fully saturated rings. The van der Waals surface area contributed by atoms with Gasteiger partial charge in [0.25, 0.3) is 0 Å². The van der Waals surface area contributed by atoms with Crippen molar-refractivity contribution in [3.05, 3.63) is 35.0 Å². The number of nitrogens with zero attached hydrogens (tertiary/aromatic N) is 2. The summed E-state index contributed by atoms with van der Waals surface area (Å²) in [6, 6.07) is 6.56. The number of benzene rings is 1. The summed E-state index contributed by atoms with van der Waals surface area (Å²) >= 11 is 1.72. The van der Waals surface area contributed by atoms with E-state index < -0.39 is 0 Å². The van der Waals surface area contributed by atoms with Crippen molar-refractivity contribution >= 4 is 16.5 Å². The fourth-order valence-electron chi connectivity index (χ4n) is 2.87. The molecule has 1 aromatic carbocycles. The van der Waals surface area contributed by atoms with Gasteiger partial charge in [-0.15, -0.1) is 11.3 Å². The smallest absolute Gasteiger partial charge is 0.186 e. The molecule has 5 heteroatoms. The van der Waals surface area contributed by atoms with Crippen LogP contribution in [0.15, 0.2) is 24.3 Å². The van der Waals surface area contributed by atoms with E-state index in [2.05, 4.69) is 11.8 Å². The third-order valence-corrected chi connectivity index (χ3v) is 5.07. The van der Waals surface area contributed by atoms with E-state index in [9.17, 15) is 4.39 Å². The van der Waals surface area contributed by atoms with Crippen LogP contribution in [0.4, 0.5) is 9.52 Å². The molecule has 1 saturated heterocycles. The highest BCUT2D eigenvalue weighted by atomic mass is 32.1. The molecule has 21 heavy (non-hydrogen) atoms. The minimum atomic E-state index is -0.212. The van der Waals surface area contributed by atoms with Gasteiger partial charge in [0.05, 0.1) is 5.69 Å². The standard InChI is InChI=1S/C16H20FN3S/c1-11-15(13-2-4-14(17)5-3-13)19-16(21-11)20-9-7-12(10-20)6-8-18/h2-5,12H,6-10,18H2,1H3. The summed E-state index contributed by atoms with van der Waals surface area (Å²) in [6.45, 7) is 4.94. The van der Waals surface area contributed by atoms with Gasteiger partial charge in [-0.05, 0) is 56.5 Å². The zero-order chi connectivity index (χ0) is 14.8. The summed E-state index contributed by atoms with van der Waals surface area (Å²) in [4.78, 5) is 8.31. The maximum Gasteiger partial charge on any atom is 0.186 e. The molecule has 1 aromatic heterocycles. The van der Waals surface area contributed by atoms with Crippen molar-refractivity contribution in [3.63, 3.8) is 0 Å². The Morgan fingerprint density at radius 2 is 2.14 bits per heavy atom. The quantitative estimate of drug-likeness (QED) is 0.941.